The highest BCUT2D eigenvalue weighted by Gasteiger charge is 2.18. The van der Waals surface area contributed by atoms with Crippen molar-refractivity contribution in [2.45, 2.75) is 57.5 Å². The lowest BCUT2D eigenvalue weighted by molar-refractivity contribution is 0.175. The number of hydrogen-bond donors (Lipinski definition) is 1. The second-order valence-electron chi connectivity index (χ2n) is 4.88. The second kappa shape index (κ2) is 7.70. The van der Waals surface area contributed by atoms with Crippen LogP contribution in [0.1, 0.15) is 45.4 Å². The zero-order valence-electron chi connectivity index (χ0n) is 10.8. The molecule has 0 saturated carbocycles. The highest BCUT2D eigenvalue weighted by atomic mass is 15.1. The molecule has 1 heterocycles. The van der Waals surface area contributed by atoms with Crippen LogP contribution in [0.2, 0.25) is 0 Å². The largest absolute Gasteiger partial charge is 0.304 e. The standard InChI is InChI=1S/C14H26N2/c1-4-8-13(5-2)15-11-10-14-9-6-7-12-16(14)3/h2,13-15H,4,6-12H2,1,3H3. The second-order valence-corrected chi connectivity index (χ2v) is 4.88. The zero-order valence-corrected chi connectivity index (χ0v) is 10.8. The highest BCUT2D eigenvalue weighted by Crippen LogP contribution is 2.17. The van der Waals surface area contributed by atoms with E-state index in [1.165, 1.54) is 32.2 Å². The van der Waals surface area contributed by atoms with Crippen LogP contribution in [0.15, 0.2) is 0 Å². The number of nitrogens with zero attached hydrogens (tertiary/aromatic N) is 1. The normalized spacial score (nSPS) is 23.9. The molecule has 1 saturated heterocycles. The predicted octanol–water partition coefficient (Wildman–Crippen LogP) is 2.25. The first kappa shape index (κ1) is 13.5. The minimum atomic E-state index is 0.277. The Labute approximate surface area is 101 Å². The van der Waals surface area contributed by atoms with E-state index in [4.69, 9.17) is 6.42 Å². The summed E-state index contributed by atoms with van der Waals surface area (Å²) in [5.74, 6) is 2.83. The van der Waals surface area contributed by atoms with Gasteiger partial charge in [0, 0.05) is 6.04 Å². The van der Waals surface area contributed by atoms with Crippen molar-refractivity contribution in [1.29, 1.82) is 0 Å². The van der Waals surface area contributed by atoms with Crippen LogP contribution in [-0.4, -0.2) is 37.1 Å². The average molecular weight is 222 g/mol. The molecule has 2 heteroatoms. The fraction of sp³-hybridized carbons (Fsp3) is 0.857. The number of nitrogens with one attached hydrogen (secondary N) is 1. The van der Waals surface area contributed by atoms with Gasteiger partial charge in [0.1, 0.15) is 0 Å². The fourth-order valence-electron chi connectivity index (χ4n) is 2.47. The number of hydrogen-bond acceptors (Lipinski definition) is 2. The number of piperidine rings is 1. The minimum absolute atomic E-state index is 0.277. The van der Waals surface area contributed by atoms with Crippen molar-refractivity contribution in [2.75, 3.05) is 20.1 Å². The molecule has 0 aromatic heterocycles. The van der Waals surface area contributed by atoms with E-state index in [9.17, 15) is 0 Å². The molecule has 2 unspecified atom stereocenters. The molecule has 0 bridgehead atoms. The van der Waals surface area contributed by atoms with Crippen LogP contribution in [0.4, 0.5) is 0 Å². The molecule has 16 heavy (non-hydrogen) atoms. The van der Waals surface area contributed by atoms with Gasteiger partial charge in [-0.05, 0) is 45.8 Å². The number of terminal acetylenes is 1. The quantitative estimate of drug-likeness (QED) is 0.694. The van der Waals surface area contributed by atoms with Crippen LogP contribution >= 0.6 is 0 Å². The van der Waals surface area contributed by atoms with E-state index in [0.29, 0.717) is 0 Å². The van der Waals surface area contributed by atoms with E-state index >= 15 is 0 Å². The van der Waals surface area contributed by atoms with Gasteiger partial charge in [0.2, 0.25) is 0 Å². The first-order valence-electron chi connectivity index (χ1n) is 6.67. The Hall–Kier alpha value is -0.520. The average Bonchev–Trinajstić information content (AvgIpc) is 2.30. The third-order valence-corrected chi connectivity index (χ3v) is 3.57. The Morgan fingerprint density at radius 1 is 1.50 bits per heavy atom. The summed E-state index contributed by atoms with van der Waals surface area (Å²) in [6.07, 6.45) is 13.1. The van der Waals surface area contributed by atoms with Crippen molar-refractivity contribution in [3.05, 3.63) is 0 Å². The molecular weight excluding hydrogens is 196 g/mol. The Morgan fingerprint density at radius 2 is 2.31 bits per heavy atom. The maximum absolute atomic E-state index is 5.48. The third kappa shape index (κ3) is 4.55. The van der Waals surface area contributed by atoms with Crippen molar-refractivity contribution in [2.24, 2.45) is 0 Å². The molecule has 92 valence electrons. The van der Waals surface area contributed by atoms with Crippen LogP contribution < -0.4 is 5.32 Å². The van der Waals surface area contributed by atoms with Gasteiger partial charge < -0.3 is 10.2 Å². The Kier molecular flexibility index (Phi) is 6.52. The van der Waals surface area contributed by atoms with Gasteiger partial charge in [-0.15, -0.1) is 6.42 Å². The summed E-state index contributed by atoms with van der Waals surface area (Å²) in [5.41, 5.74) is 0. The molecular formula is C14H26N2. The summed E-state index contributed by atoms with van der Waals surface area (Å²) in [6, 6.07) is 1.04. The van der Waals surface area contributed by atoms with Crippen molar-refractivity contribution in [1.82, 2.24) is 10.2 Å². The topological polar surface area (TPSA) is 15.3 Å². The molecule has 0 aliphatic carbocycles. The van der Waals surface area contributed by atoms with Gasteiger partial charge in [-0.25, -0.2) is 0 Å². The molecule has 2 nitrogen and oxygen atoms in total. The lowest BCUT2D eigenvalue weighted by Gasteiger charge is -2.32. The van der Waals surface area contributed by atoms with Crippen molar-refractivity contribution in [3.8, 4) is 12.3 Å². The lowest BCUT2D eigenvalue weighted by atomic mass is 10.00. The Bertz CT molecular complexity index is 219. The number of rotatable bonds is 6. The zero-order chi connectivity index (χ0) is 11.8. The fourth-order valence-corrected chi connectivity index (χ4v) is 2.47. The van der Waals surface area contributed by atoms with Crippen LogP contribution in [-0.2, 0) is 0 Å². The molecule has 0 aromatic carbocycles. The van der Waals surface area contributed by atoms with E-state index in [0.717, 1.165) is 25.4 Å². The number of likely N-dealkylation sites (tertiary alicyclic amines) is 1. The van der Waals surface area contributed by atoms with Crippen LogP contribution in [0.5, 0.6) is 0 Å². The van der Waals surface area contributed by atoms with Crippen molar-refractivity contribution < 1.29 is 0 Å². The van der Waals surface area contributed by atoms with Crippen LogP contribution in [0.25, 0.3) is 0 Å². The maximum atomic E-state index is 5.48. The van der Waals surface area contributed by atoms with Crippen molar-refractivity contribution >= 4 is 0 Å². The van der Waals surface area contributed by atoms with E-state index in [2.05, 4.69) is 30.1 Å². The molecule has 2 atom stereocenters. The molecule has 1 N–H and O–H groups in total. The van der Waals surface area contributed by atoms with Crippen LogP contribution in [0.3, 0.4) is 0 Å². The van der Waals surface area contributed by atoms with Gasteiger partial charge in [-0.1, -0.05) is 25.7 Å². The van der Waals surface area contributed by atoms with Gasteiger partial charge in [-0.2, -0.15) is 0 Å². The van der Waals surface area contributed by atoms with Crippen LogP contribution in [0, 0.1) is 12.3 Å². The first-order valence-corrected chi connectivity index (χ1v) is 6.67. The molecule has 1 rings (SSSR count). The molecule has 1 fully saturated rings. The smallest absolute Gasteiger partial charge is 0.0686 e. The van der Waals surface area contributed by atoms with E-state index in [1.807, 2.05) is 0 Å². The summed E-state index contributed by atoms with van der Waals surface area (Å²) < 4.78 is 0. The first-order chi connectivity index (χ1) is 7.77. The monoisotopic (exact) mass is 222 g/mol. The highest BCUT2D eigenvalue weighted by molar-refractivity contribution is 4.98. The minimum Gasteiger partial charge on any atom is -0.304 e. The Morgan fingerprint density at radius 3 is 2.94 bits per heavy atom. The third-order valence-electron chi connectivity index (χ3n) is 3.57. The summed E-state index contributed by atoms with van der Waals surface area (Å²) in [5, 5.41) is 3.48. The van der Waals surface area contributed by atoms with Crippen molar-refractivity contribution in [3.63, 3.8) is 0 Å². The summed E-state index contributed by atoms with van der Waals surface area (Å²) in [6.45, 7) is 4.50. The molecule has 1 aliphatic heterocycles. The summed E-state index contributed by atoms with van der Waals surface area (Å²) >= 11 is 0. The lowest BCUT2D eigenvalue weighted by Crippen LogP contribution is -2.39. The van der Waals surface area contributed by atoms with E-state index in [1.54, 1.807) is 0 Å². The maximum Gasteiger partial charge on any atom is 0.0686 e. The van der Waals surface area contributed by atoms with Gasteiger partial charge in [0.25, 0.3) is 0 Å². The van der Waals surface area contributed by atoms with E-state index < -0.39 is 0 Å². The predicted molar refractivity (Wildman–Crippen MR) is 70.4 cm³/mol. The molecule has 0 spiro atoms. The SMILES string of the molecule is C#CC(CCC)NCCC1CCCCN1C. The molecule has 0 amide bonds. The van der Waals surface area contributed by atoms with E-state index in [-0.39, 0.29) is 6.04 Å². The van der Waals surface area contributed by atoms with Gasteiger partial charge >= 0.3 is 0 Å². The summed E-state index contributed by atoms with van der Waals surface area (Å²) in [7, 11) is 2.24. The molecule has 0 radical (unpaired) electrons. The molecule has 1 aliphatic rings. The molecule has 0 aromatic rings. The van der Waals surface area contributed by atoms with Gasteiger partial charge in [-0.3, -0.25) is 0 Å². The Balaban J connectivity index is 2.16. The van der Waals surface area contributed by atoms with Gasteiger partial charge in [0.05, 0.1) is 6.04 Å². The summed E-state index contributed by atoms with van der Waals surface area (Å²) in [4.78, 5) is 2.50. The van der Waals surface area contributed by atoms with Gasteiger partial charge in [0.15, 0.2) is 0 Å².